The molecule has 4 N–H and O–H groups in total. The fourth-order valence-electron chi connectivity index (χ4n) is 0.935. The van der Waals surface area contributed by atoms with Crippen molar-refractivity contribution in [1.29, 1.82) is 0 Å². The minimum Gasteiger partial charge on any atom is -0.479 e. The summed E-state index contributed by atoms with van der Waals surface area (Å²) in [5, 5.41) is 8.29. The van der Waals surface area contributed by atoms with Crippen LogP contribution < -0.4 is 11.2 Å². The molecule has 0 spiro atoms. The number of hydrogen-bond donors (Lipinski definition) is 3. The number of amides is 1. The van der Waals surface area contributed by atoms with Gasteiger partial charge in [0.1, 0.15) is 0 Å². The Kier molecular flexibility index (Phi) is 4.27. The number of carboxylic acid groups (broad SMARTS) is 1. The second-order valence-electron chi connectivity index (χ2n) is 2.85. The Balaban J connectivity index is 2.65. The highest BCUT2D eigenvalue weighted by molar-refractivity contribution is 9.10. The highest BCUT2D eigenvalue weighted by Crippen LogP contribution is 2.19. The second kappa shape index (κ2) is 5.47. The van der Waals surface area contributed by atoms with Crippen molar-refractivity contribution in [3.05, 3.63) is 28.2 Å². The molecule has 7 heteroatoms. The molecule has 0 atom stereocenters. The Labute approximate surface area is 99.5 Å². The van der Waals surface area contributed by atoms with Crippen LogP contribution >= 0.6 is 15.9 Å². The van der Waals surface area contributed by atoms with Crippen molar-refractivity contribution in [3.63, 3.8) is 0 Å². The lowest BCUT2D eigenvalue weighted by Gasteiger charge is -2.06. The van der Waals surface area contributed by atoms with E-state index in [4.69, 9.17) is 10.8 Å². The zero-order chi connectivity index (χ0) is 12.1. The summed E-state index contributed by atoms with van der Waals surface area (Å²) in [7, 11) is 0. The average molecular weight is 289 g/mol. The zero-order valence-corrected chi connectivity index (χ0v) is 9.65. The molecule has 0 aliphatic rings. The minimum atomic E-state index is -1.17. The maximum absolute atomic E-state index is 11.5. The van der Waals surface area contributed by atoms with Crippen LogP contribution in [0.5, 0.6) is 0 Å². The third kappa shape index (κ3) is 3.52. The topological polar surface area (TPSA) is 102 Å². The van der Waals surface area contributed by atoms with Crippen LogP contribution in [0, 0.1) is 0 Å². The van der Waals surface area contributed by atoms with Gasteiger partial charge in [0.05, 0.1) is 5.56 Å². The molecular formula is C9H9BrN2O4. The van der Waals surface area contributed by atoms with Gasteiger partial charge in [0.2, 0.25) is 0 Å². The summed E-state index contributed by atoms with van der Waals surface area (Å²) in [6.07, 6.45) is 0. The molecule has 86 valence electrons. The zero-order valence-electron chi connectivity index (χ0n) is 8.07. The van der Waals surface area contributed by atoms with Crippen LogP contribution in [0.2, 0.25) is 0 Å². The summed E-state index contributed by atoms with van der Waals surface area (Å²) in [5.41, 5.74) is 8.19. The van der Waals surface area contributed by atoms with Crippen molar-refractivity contribution in [3.8, 4) is 0 Å². The lowest BCUT2D eigenvalue weighted by Crippen LogP contribution is -2.27. The Hall–Kier alpha value is -1.60. The Morgan fingerprint density at radius 3 is 2.81 bits per heavy atom. The first kappa shape index (κ1) is 12.5. The van der Waals surface area contributed by atoms with Crippen molar-refractivity contribution in [1.82, 2.24) is 5.48 Å². The summed E-state index contributed by atoms with van der Waals surface area (Å²) in [6, 6.07) is 4.68. The van der Waals surface area contributed by atoms with Gasteiger partial charge in [0.15, 0.2) is 6.61 Å². The number of nitrogens with one attached hydrogen (secondary N) is 1. The summed E-state index contributed by atoms with van der Waals surface area (Å²) < 4.78 is 0.540. The van der Waals surface area contributed by atoms with Gasteiger partial charge in [0, 0.05) is 10.2 Å². The van der Waals surface area contributed by atoms with Crippen molar-refractivity contribution < 1.29 is 19.5 Å². The molecule has 0 saturated heterocycles. The number of carbonyl (C=O) groups excluding carboxylic acids is 1. The monoisotopic (exact) mass is 288 g/mol. The number of carboxylic acids is 1. The van der Waals surface area contributed by atoms with Crippen LogP contribution in [0.3, 0.4) is 0 Å². The number of nitrogen functional groups attached to an aromatic ring is 1. The van der Waals surface area contributed by atoms with Gasteiger partial charge in [-0.25, -0.2) is 10.3 Å². The van der Waals surface area contributed by atoms with Gasteiger partial charge in [-0.15, -0.1) is 0 Å². The van der Waals surface area contributed by atoms with E-state index in [1.807, 2.05) is 5.48 Å². The van der Waals surface area contributed by atoms with Crippen LogP contribution in [0.15, 0.2) is 22.7 Å². The Morgan fingerprint density at radius 2 is 2.19 bits per heavy atom. The van der Waals surface area contributed by atoms with Crippen LogP contribution in [0.4, 0.5) is 5.69 Å². The number of hydroxylamine groups is 1. The number of anilines is 1. The summed E-state index contributed by atoms with van der Waals surface area (Å²) in [6.45, 7) is -0.605. The number of nitrogens with two attached hydrogens (primary N) is 1. The second-order valence-corrected chi connectivity index (χ2v) is 3.71. The predicted molar refractivity (Wildman–Crippen MR) is 59.6 cm³/mol. The molecule has 1 rings (SSSR count). The van der Waals surface area contributed by atoms with Crippen LogP contribution in [-0.2, 0) is 9.63 Å². The normalized spacial score (nSPS) is 9.81. The fourth-order valence-corrected chi connectivity index (χ4v) is 1.36. The molecule has 0 saturated carbocycles. The van der Waals surface area contributed by atoms with Crippen molar-refractivity contribution >= 4 is 33.5 Å². The van der Waals surface area contributed by atoms with E-state index in [1.54, 1.807) is 12.1 Å². The highest BCUT2D eigenvalue weighted by Gasteiger charge is 2.10. The molecule has 1 aromatic rings. The summed E-state index contributed by atoms with van der Waals surface area (Å²) >= 11 is 3.16. The first-order valence-electron chi connectivity index (χ1n) is 4.19. The Morgan fingerprint density at radius 1 is 1.50 bits per heavy atom. The van der Waals surface area contributed by atoms with Gasteiger partial charge >= 0.3 is 5.97 Å². The first-order valence-corrected chi connectivity index (χ1v) is 4.99. The number of rotatable bonds is 4. The van der Waals surface area contributed by atoms with Gasteiger partial charge in [-0.3, -0.25) is 9.63 Å². The quantitative estimate of drug-likeness (QED) is 0.561. The van der Waals surface area contributed by atoms with E-state index in [2.05, 4.69) is 20.8 Å². The van der Waals surface area contributed by atoms with E-state index in [1.165, 1.54) is 6.07 Å². The predicted octanol–water partition coefficient (Wildman–Crippen LogP) is 0.777. The molecule has 0 aliphatic heterocycles. The van der Waals surface area contributed by atoms with Gasteiger partial charge in [-0.1, -0.05) is 0 Å². The molecule has 0 heterocycles. The minimum absolute atomic E-state index is 0.269. The van der Waals surface area contributed by atoms with E-state index in [-0.39, 0.29) is 5.56 Å². The van der Waals surface area contributed by atoms with E-state index in [9.17, 15) is 9.59 Å². The molecule has 1 aromatic carbocycles. The van der Waals surface area contributed by atoms with E-state index in [0.29, 0.717) is 10.2 Å². The third-order valence-corrected chi connectivity index (χ3v) is 2.29. The Bertz CT molecular complexity index is 422. The summed E-state index contributed by atoms with van der Waals surface area (Å²) in [5.74, 6) is -1.74. The van der Waals surface area contributed by atoms with E-state index in [0.717, 1.165) is 0 Å². The van der Waals surface area contributed by atoms with Gasteiger partial charge in [-0.05, 0) is 34.1 Å². The molecular weight excluding hydrogens is 280 g/mol. The largest absolute Gasteiger partial charge is 0.479 e. The molecule has 6 nitrogen and oxygen atoms in total. The van der Waals surface area contributed by atoms with Crippen LogP contribution in [-0.4, -0.2) is 23.6 Å². The number of hydrogen-bond acceptors (Lipinski definition) is 4. The van der Waals surface area contributed by atoms with Gasteiger partial charge in [0.25, 0.3) is 5.91 Å². The highest BCUT2D eigenvalue weighted by atomic mass is 79.9. The molecule has 0 fully saturated rings. The molecule has 0 bridgehead atoms. The van der Waals surface area contributed by atoms with Crippen LogP contribution in [0.1, 0.15) is 10.4 Å². The van der Waals surface area contributed by atoms with Crippen molar-refractivity contribution in [2.24, 2.45) is 0 Å². The smallest absolute Gasteiger partial charge is 0.332 e. The first-order chi connectivity index (χ1) is 7.50. The maximum Gasteiger partial charge on any atom is 0.332 e. The summed E-state index contributed by atoms with van der Waals surface area (Å²) in [4.78, 5) is 26.1. The standard InChI is InChI=1S/C9H9BrN2O4/c10-7-2-1-5(11)3-6(7)9(15)12-16-4-8(13)14/h1-3H,4,11H2,(H,12,15)(H,13,14). The van der Waals surface area contributed by atoms with E-state index >= 15 is 0 Å². The van der Waals surface area contributed by atoms with Gasteiger partial charge < -0.3 is 10.8 Å². The fraction of sp³-hybridized carbons (Fsp3) is 0.111. The maximum atomic E-state index is 11.5. The molecule has 0 unspecified atom stereocenters. The van der Waals surface area contributed by atoms with Crippen molar-refractivity contribution in [2.75, 3.05) is 12.3 Å². The molecule has 0 aromatic heterocycles. The SMILES string of the molecule is Nc1ccc(Br)c(C(=O)NOCC(=O)O)c1. The number of aliphatic carboxylic acids is 1. The lowest BCUT2D eigenvalue weighted by atomic mass is 10.2. The number of carbonyl (C=O) groups is 2. The third-order valence-electron chi connectivity index (χ3n) is 1.60. The number of halogens is 1. The van der Waals surface area contributed by atoms with Crippen molar-refractivity contribution in [2.45, 2.75) is 0 Å². The lowest BCUT2D eigenvalue weighted by molar-refractivity contribution is -0.144. The molecule has 16 heavy (non-hydrogen) atoms. The van der Waals surface area contributed by atoms with E-state index < -0.39 is 18.5 Å². The molecule has 1 amide bonds. The molecule has 0 radical (unpaired) electrons. The van der Waals surface area contributed by atoms with Gasteiger partial charge in [-0.2, -0.15) is 0 Å². The number of benzene rings is 1. The average Bonchev–Trinajstić information content (AvgIpc) is 2.21. The molecule has 0 aliphatic carbocycles. The van der Waals surface area contributed by atoms with Crippen LogP contribution in [0.25, 0.3) is 0 Å².